The molecule has 0 amide bonds. The zero-order chi connectivity index (χ0) is 39.8. The Morgan fingerprint density at radius 1 is 0.286 bits per heavy atom. The van der Waals surface area contributed by atoms with Gasteiger partial charge in [0, 0.05) is 66.8 Å². The van der Waals surface area contributed by atoms with Crippen LogP contribution in [0.15, 0.2) is 121 Å². The summed E-state index contributed by atoms with van der Waals surface area (Å²) < 4.78 is 9.89. The zero-order valence-corrected chi connectivity index (χ0v) is 38.6. The van der Waals surface area contributed by atoms with Crippen molar-refractivity contribution in [3.63, 3.8) is 0 Å². The topological polar surface area (TPSA) is 18.5 Å². The van der Waals surface area contributed by atoms with Gasteiger partial charge >= 0.3 is 0 Å². The van der Waals surface area contributed by atoms with Gasteiger partial charge in [-0.3, -0.25) is 0 Å². The van der Waals surface area contributed by atoms with E-state index in [2.05, 4.69) is 191 Å². The van der Waals surface area contributed by atoms with Crippen LogP contribution < -0.4 is 21.9 Å². The molecule has 4 heteroatoms. The van der Waals surface area contributed by atoms with Crippen LogP contribution in [-0.2, 0) is 9.47 Å². The van der Waals surface area contributed by atoms with Gasteiger partial charge < -0.3 is 9.47 Å². The minimum atomic E-state index is -1.22. The minimum Gasteiger partial charge on any atom is -0.381 e. The van der Waals surface area contributed by atoms with Crippen molar-refractivity contribution < 1.29 is 49.9 Å². The van der Waals surface area contributed by atoms with E-state index < -0.39 is 6.15 Å². The van der Waals surface area contributed by atoms with E-state index in [-0.39, 0.29) is 40.4 Å². The fourth-order valence-corrected chi connectivity index (χ4v) is 7.95. The Balaban J connectivity index is 0.000000222. The summed E-state index contributed by atoms with van der Waals surface area (Å²) >= 11 is 0. The van der Waals surface area contributed by atoms with Crippen LogP contribution in [0.25, 0.3) is 0 Å². The van der Waals surface area contributed by atoms with Crippen molar-refractivity contribution in [3.05, 3.63) is 181 Å². The third kappa shape index (κ3) is 12.6. The number of rotatable bonds is 4. The predicted molar refractivity (Wildman–Crippen MR) is 239 cm³/mol. The van der Waals surface area contributed by atoms with Gasteiger partial charge in [-0.05, 0) is 84.9 Å². The van der Waals surface area contributed by atoms with Crippen LogP contribution in [0, 0.1) is 99.6 Å². The number of benzene rings is 4. The molecule has 2 aliphatic carbocycles. The fraction of sp³-hybridized carbons (Fsp3) is 0.346. The van der Waals surface area contributed by atoms with Crippen LogP contribution in [0.1, 0.15) is 94.9 Å². The van der Waals surface area contributed by atoms with E-state index in [1.54, 1.807) is 0 Å². The molecule has 0 N–H and O–H groups in total. The molecule has 296 valence electrons. The molecule has 0 spiro atoms. The molecule has 2 saturated carbocycles. The monoisotopic (exact) mass is 885 g/mol. The van der Waals surface area contributed by atoms with Crippen molar-refractivity contribution in [3.8, 4) is 0 Å². The molecule has 0 unspecified atom stereocenters. The molecule has 2 nitrogen and oxygen atoms in total. The van der Waals surface area contributed by atoms with Crippen molar-refractivity contribution >= 4 is 28.0 Å². The van der Waals surface area contributed by atoms with Crippen LogP contribution in [0.4, 0.5) is 0 Å². The quantitative estimate of drug-likeness (QED) is 0.190. The first-order chi connectivity index (χ1) is 26.5. The SMILES string of the molecule is C1CCOC1.C1CCOC1.C[C]1[C](C)[C](C)[C](C)[C]1C.C[C]1[C](C)[C](C)[C](C)[C]1C.[Sm].c1ccc([B-](c2ccccc2)(c2ccccc2)c2ccccc2)cc1. The third-order valence-corrected chi connectivity index (χ3v) is 12.5. The maximum Gasteiger partial charge on any atom is 0.108 e. The Bertz CT molecular complexity index is 1270. The van der Waals surface area contributed by atoms with Crippen LogP contribution >= 0.6 is 0 Å². The molecule has 4 aromatic carbocycles. The van der Waals surface area contributed by atoms with Crippen LogP contribution in [0.5, 0.6) is 0 Å². The Kier molecular flexibility index (Phi) is 21.7. The van der Waals surface area contributed by atoms with Gasteiger partial charge in [0.25, 0.3) is 0 Å². The van der Waals surface area contributed by atoms with Gasteiger partial charge in [0.2, 0.25) is 0 Å². The molecule has 2 saturated heterocycles. The summed E-state index contributed by atoms with van der Waals surface area (Å²) in [6.07, 6.45) is 3.90. The van der Waals surface area contributed by atoms with E-state index in [1.165, 1.54) is 107 Å². The first-order valence-electron chi connectivity index (χ1n) is 20.5. The average Bonchev–Trinajstić information content (AvgIpc) is 4.08. The zero-order valence-electron chi connectivity index (χ0n) is 36.0. The van der Waals surface area contributed by atoms with E-state index >= 15 is 0 Å². The molecule has 8 rings (SSSR count). The second-order valence-electron chi connectivity index (χ2n) is 15.4. The van der Waals surface area contributed by atoms with Crippen LogP contribution in [-0.4, -0.2) is 32.6 Å². The molecule has 4 aromatic rings. The molecule has 2 heterocycles. The molecule has 56 heavy (non-hydrogen) atoms. The van der Waals surface area contributed by atoms with Crippen LogP contribution in [0.3, 0.4) is 0 Å². The average molecular weight is 884 g/mol. The summed E-state index contributed by atoms with van der Waals surface area (Å²) in [7, 11) is 0. The number of ether oxygens (including phenoxy) is 2. The molecular formula is C52H66BO2Sm-. The van der Waals surface area contributed by atoms with Gasteiger partial charge in [0.1, 0.15) is 6.15 Å². The van der Waals surface area contributed by atoms with Crippen molar-refractivity contribution in [1.29, 1.82) is 0 Å². The molecule has 0 aromatic heterocycles. The van der Waals surface area contributed by atoms with Gasteiger partial charge in [-0.15, -0.1) is 0 Å². The predicted octanol–water partition coefficient (Wildman–Crippen LogP) is 10.6. The molecule has 2 aliphatic heterocycles. The molecule has 10 radical (unpaired) electrons. The first kappa shape index (κ1) is 48.6. The van der Waals surface area contributed by atoms with Gasteiger partial charge in [0.05, 0.1) is 0 Å². The molecule has 4 fully saturated rings. The summed E-state index contributed by atoms with van der Waals surface area (Å²) in [6.45, 7) is 26.0. The maximum absolute atomic E-state index is 4.94. The van der Waals surface area contributed by atoms with E-state index in [0.717, 1.165) is 26.4 Å². The van der Waals surface area contributed by atoms with E-state index in [9.17, 15) is 0 Å². The summed E-state index contributed by atoms with van der Waals surface area (Å²) in [5.74, 6) is 14.7. The van der Waals surface area contributed by atoms with Gasteiger partial charge in [-0.1, -0.05) is 191 Å². The molecule has 0 atom stereocenters. The Labute approximate surface area is 376 Å². The number of hydrogen-bond donors (Lipinski definition) is 0. The van der Waals surface area contributed by atoms with E-state index in [4.69, 9.17) is 9.47 Å². The molecule has 4 aliphatic rings. The summed E-state index contributed by atoms with van der Waals surface area (Å²) in [5, 5.41) is 0. The van der Waals surface area contributed by atoms with E-state index in [0.29, 0.717) is 0 Å². The maximum atomic E-state index is 4.94. The molecule has 0 bridgehead atoms. The smallest absolute Gasteiger partial charge is 0.108 e. The fourth-order valence-electron chi connectivity index (χ4n) is 7.95. The summed E-state index contributed by atoms with van der Waals surface area (Å²) in [4.78, 5) is 0. The van der Waals surface area contributed by atoms with Gasteiger partial charge in [-0.25, -0.2) is 0 Å². The van der Waals surface area contributed by atoms with Gasteiger partial charge in [0.15, 0.2) is 0 Å². The summed E-state index contributed by atoms with van der Waals surface area (Å²) in [6, 6.07) is 43.5. The first-order valence-corrected chi connectivity index (χ1v) is 20.5. The van der Waals surface area contributed by atoms with Crippen molar-refractivity contribution in [2.24, 2.45) is 0 Å². The van der Waals surface area contributed by atoms with Gasteiger partial charge in [-0.2, -0.15) is 21.9 Å². The van der Waals surface area contributed by atoms with Crippen molar-refractivity contribution in [1.82, 2.24) is 0 Å². The Morgan fingerprint density at radius 3 is 0.571 bits per heavy atom. The molecular weight excluding hydrogens is 818 g/mol. The summed E-state index contributed by atoms with van der Waals surface area (Å²) in [5.41, 5.74) is 5.36. The largest absolute Gasteiger partial charge is 0.381 e. The second-order valence-corrected chi connectivity index (χ2v) is 15.4. The van der Waals surface area contributed by atoms with Crippen LogP contribution in [0.2, 0.25) is 0 Å². The Hall–Kier alpha value is -1.80. The Morgan fingerprint density at radius 2 is 0.446 bits per heavy atom. The standard InChI is InChI=1S/C24H20B.2C10H15.2C4H8O.Sm/c1-5-13-21(14-6-1)25(22-15-7-2-8-16-22,23-17-9-3-10-18-23)24-19-11-4-12-20-24;2*1-6-7(2)9(4)10(5)8(6)3;2*1-2-4-5-3-1;/h1-20H;2*1-5H3;2*1-4H2;/q-1;;;;;. The van der Waals surface area contributed by atoms with Crippen molar-refractivity contribution in [2.45, 2.75) is 94.9 Å². The number of hydrogen-bond acceptors (Lipinski definition) is 2. The second kappa shape index (κ2) is 25.0. The minimum absolute atomic E-state index is 0. The van der Waals surface area contributed by atoms with Crippen molar-refractivity contribution in [2.75, 3.05) is 26.4 Å². The normalized spacial score (nSPS) is 19.5. The van der Waals surface area contributed by atoms with E-state index in [1.807, 2.05) is 0 Å². The third-order valence-electron chi connectivity index (χ3n) is 12.5.